The maximum atomic E-state index is 11.5. The van der Waals surface area contributed by atoms with Crippen LogP contribution in [0.1, 0.15) is 13.3 Å². The van der Waals surface area contributed by atoms with Crippen LogP contribution in [0.2, 0.25) is 0 Å². The van der Waals surface area contributed by atoms with Crippen LogP contribution >= 0.6 is 0 Å². The first-order valence-electron chi connectivity index (χ1n) is 9.09. The molecule has 0 saturated carbocycles. The van der Waals surface area contributed by atoms with Crippen molar-refractivity contribution >= 4 is 16.9 Å². The molecule has 3 aromatic rings. The second kappa shape index (κ2) is 7.38. The van der Waals surface area contributed by atoms with E-state index in [1.807, 2.05) is 31.2 Å². The van der Waals surface area contributed by atoms with Gasteiger partial charge in [0.2, 0.25) is 11.8 Å². The van der Waals surface area contributed by atoms with E-state index in [-0.39, 0.29) is 17.9 Å². The second-order valence-electron chi connectivity index (χ2n) is 6.77. The zero-order chi connectivity index (χ0) is 19.7. The van der Waals surface area contributed by atoms with Gasteiger partial charge in [-0.1, -0.05) is 0 Å². The Kier molecular flexibility index (Phi) is 4.77. The van der Waals surface area contributed by atoms with Crippen LogP contribution in [0.15, 0.2) is 30.6 Å². The number of benzene rings is 1. The number of nitrogens with one attached hydrogen (secondary N) is 2. The summed E-state index contributed by atoms with van der Waals surface area (Å²) in [6.07, 6.45) is 1.91. The van der Waals surface area contributed by atoms with Crippen LogP contribution < -0.4 is 19.5 Å². The highest BCUT2D eigenvalue weighted by atomic mass is 16.5. The number of carbonyl (C=O) groups excluding carboxylic acids is 1. The molecule has 8 nitrogen and oxygen atoms in total. The number of hydrogen-bond acceptors (Lipinski definition) is 6. The van der Waals surface area contributed by atoms with Crippen LogP contribution in [0.25, 0.3) is 22.3 Å². The van der Waals surface area contributed by atoms with Gasteiger partial charge in [-0.2, -0.15) is 0 Å². The van der Waals surface area contributed by atoms with Crippen LogP contribution in [-0.4, -0.2) is 47.7 Å². The maximum Gasteiger partial charge on any atom is 0.240 e. The fourth-order valence-electron chi connectivity index (χ4n) is 3.37. The van der Waals surface area contributed by atoms with Gasteiger partial charge < -0.3 is 24.5 Å². The highest BCUT2D eigenvalue weighted by Crippen LogP contribution is 2.34. The topological polar surface area (TPSA) is 98.4 Å². The van der Waals surface area contributed by atoms with Crippen molar-refractivity contribution in [1.82, 2.24) is 20.3 Å². The van der Waals surface area contributed by atoms with Crippen molar-refractivity contribution in [3.63, 3.8) is 0 Å². The maximum absolute atomic E-state index is 11.5. The van der Waals surface area contributed by atoms with Gasteiger partial charge in [0, 0.05) is 24.4 Å². The van der Waals surface area contributed by atoms with Crippen molar-refractivity contribution in [2.75, 3.05) is 20.8 Å². The lowest BCUT2D eigenvalue weighted by Crippen LogP contribution is -2.26. The number of pyridine rings is 1. The number of fused-ring (bicyclic) bond motifs is 1. The number of ether oxygens (including phenoxy) is 3. The van der Waals surface area contributed by atoms with Crippen molar-refractivity contribution in [3.8, 4) is 28.6 Å². The van der Waals surface area contributed by atoms with Gasteiger partial charge in [-0.3, -0.25) is 4.79 Å². The van der Waals surface area contributed by atoms with Crippen LogP contribution in [0.5, 0.6) is 17.4 Å². The van der Waals surface area contributed by atoms with Crippen molar-refractivity contribution in [3.05, 3.63) is 30.6 Å². The molecule has 2 atom stereocenters. The number of aromatic nitrogens is 3. The van der Waals surface area contributed by atoms with E-state index in [4.69, 9.17) is 19.2 Å². The average Bonchev–Trinajstić information content (AvgIpc) is 3.36. The molecule has 0 bridgehead atoms. The van der Waals surface area contributed by atoms with Crippen molar-refractivity contribution < 1.29 is 19.0 Å². The first kappa shape index (κ1) is 18.1. The first-order chi connectivity index (χ1) is 13.6. The van der Waals surface area contributed by atoms with E-state index < -0.39 is 0 Å². The van der Waals surface area contributed by atoms with Gasteiger partial charge in [-0.25, -0.2) is 9.97 Å². The molecule has 1 unspecified atom stereocenters. The summed E-state index contributed by atoms with van der Waals surface area (Å²) in [7, 11) is 3.20. The standard InChI is InChI=1S/C20H22N4O4/c1-11(13-7-18(25)21-9-13)28-20-19-15(22-10-23-19)8-14(24-20)12-4-5-16(26-2)17(6-12)27-3/h4-6,8,10-11,13H,7,9H2,1-3H3,(H,21,25)(H,22,23)/t11?,13-/m1/s1. The lowest BCUT2D eigenvalue weighted by molar-refractivity contribution is -0.119. The van der Waals surface area contributed by atoms with Gasteiger partial charge in [-0.15, -0.1) is 0 Å². The predicted molar refractivity (Wildman–Crippen MR) is 104 cm³/mol. The van der Waals surface area contributed by atoms with Crippen LogP contribution in [0, 0.1) is 5.92 Å². The number of imidazole rings is 1. The Morgan fingerprint density at radius 3 is 2.71 bits per heavy atom. The molecule has 8 heteroatoms. The molecular formula is C20H22N4O4. The van der Waals surface area contributed by atoms with E-state index in [1.54, 1.807) is 20.5 Å². The minimum absolute atomic E-state index is 0.0548. The normalized spacial score (nSPS) is 17.4. The summed E-state index contributed by atoms with van der Waals surface area (Å²) in [5.41, 5.74) is 3.05. The number of H-pyrrole nitrogens is 1. The summed E-state index contributed by atoms with van der Waals surface area (Å²) >= 11 is 0. The number of aromatic amines is 1. The molecule has 1 fully saturated rings. The summed E-state index contributed by atoms with van der Waals surface area (Å²) in [5.74, 6) is 1.90. The Bertz CT molecular complexity index is 1020. The molecule has 2 N–H and O–H groups in total. The van der Waals surface area contributed by atoms with E-state index >= 15 is 0 Å². The van der Waals surface area contributed by atoms with Gasteiger partial charge in [-0.05, 0) is 31.2 Å². The van der Waals surface area contributed by atoms with Gasteiger partial charge in [0.1, 0.15) is 11.6 Å². The van der Waals surface area contributed by atoms with Crippen LogP contribution in [0.4, 0.5) is 0 Å². The quantitative estimate of drug-likeness (QED) is 0.680. The molecule has 1 aliphatic heterocycles. The smallest absolute Gasteiger partial charge is 0.240 e. The number of methoxy groups -OCH3 is 2. The summed E-state index contributed by atoms with van der Waals surface area (Å²) < 4.78 is 16.9. The van der Waals surface area contributed by atoms with Crippen molar-refractivity contribution in [1.29, 1.82) is 0 Å². The Hall–Kier alpha value is -3.29. The lowest BCUT2D eigenvalue weighted by atomic mass is 10.0. The molecule has 1 aromatic carbocycles. The number of hydrogen-bond donors (Lipinski definition) is 2. The zero-order valence-electron chi connectivity index (χ0n) is 16.0. The van der Waals surface area contributed by atoms with Gasteiger partial charge in [0.05, 0.1) is 31.8 Å². The van der Waals surface area contributed by atoms with E-state index in [2.05, 4.69) is 15.3 Å². The SMILES string of the molecule is COc1ccc(-c2cc3nc[nH]c3c(OC(C)[C@H]3CNC(=O)C3)n2)cc1OC. The van der Waals surface area contributed by atoms with E-state index in [0.717, 1.165) is 16.6 Å². The molecule has 1 amide bonds. The van der Waals surface area contributed by atoms with E-state index in [0.29, 0.717) is 36.0 Å². The Labute approximate surface area is 162 Å². The van der Waals surface area contributed by atoms with Gasteiger partial charge in [0.15, 0.2) is 11.5 Å². The average molecular weight is 382 g/mol. The molecular weight excluding hydrogens is 360 g/mol. The number of rotatable bonds is 6. The number of amides is 1. The largest absolute Gasteiger partial charge is 0.493 e. The molecule has 0 spiro atoms. The van der Waals surface area contributed by atoms with Crippen LogP contribution in [-0.2, 0) is 4.79 Å². The summed E-state index contributed by atoms with van der Waals surface area (Å²) in [5, 5.41) is 2.84. The summed E-state index contributed by atoms with van der Waals surface area (Å²) in [6.45, 7) is 2.57. The monoisotopic (exact) mass is 382 g/mol. The number of carbonyl (C=O) groups is 1. The molecule has 146 valence electrons. The fourth-order valence-corrected chi connectivity index (χ4v) is 3.37. The molecule has 2 aromatic heterocycles. The third-order valence-electron chi connectivity index (χ3n) is 5.03. The summed E-state index contributed by atoms with van der Waals surface area (Å²) in [6, 6.07) is 7.51. The molecule has 0 aliphatic carbocycles. The molecule has 1 aliphatic rings. The molecule has 4 rings (SSSR count). The lowest BCUT2D eigenvalue weighted by Gasteiger charge is -2.19. The highest BCUT2D eigenvalue weighted by Gasteiger charge is 2.29. The Morgan fingerprint density at radius 2 is 2.00 bits per heavy atom. The van der Waals surface area contributed by atoms with Crippen molar-refractivity contribution in [2.45, 2.75) is 19.4 Å². The number of nitrogens with zero attached hydrogens (tertiary/aromatic N) is 2. The zero-order valence-corrected chi connectivity index (χ0v) is 16.0. The molecule has 3 heterocycles. The van der Waals surface area contributed by atoms with Gasteiger partial charge >= 0.3 is 0 Å². The first-order valence-corrected chi connectivity index (χ1v) is 9.09. The summed E-state index contributed by atoms with van der Waals surface area (Å²) in [4.78, 5) is 23.7. The molecule has 0 radical (unpaired) electrons. The minimum atomic E-state index is -0.168. The van der Waals surface area contributed by atoms with Crippen LogP contribution in [0.3, 0.4) is 0 Å². The second-order valence-corrected chi connectivity index (χ2v) is 6.77. The van der Waals surface area contributed by atoms with Gasteiger partial charge in [0.25, 0.3) is 0 Å². The minimum Gasteiger partial charge on any atom is -0.493 e. The fraction of sp³-hybridized carbons (Fsp3) is 0.350. The molecule has 1 saturated heterocycles. The highest BCUT2D eigenvalue weighted by molar-refractivity contribution is 5.84. The predicted octanol–water partition coefficient (Wildman–Crippen LogP) is 2.55. The third kappa shape index (κ3) is 3.33. The van der Waals surface area contributed by atoms with E-state index in [1.165, 1.54) is 0 Å². The van der Waals surface area contributed by atoms with Crippen molar-refractivity contribution in [2.24, 2.45) is 5.92 Å². The Morgan fingerprint density at radius 1 is 1.18 bits per heavy atom. The Balaban J connectivity index is 1.70. The third-order valence-corrected chi connectivity index (χ3v) is 5.03. The molecule has 28 heavy (non-hydrogen) atoms. The van der Waals surface area contributed by atoms with E-state index in [9.17, 15) is 4.79 Å².